The van der Waals surface area contributed by atoms with Gasteiger partial charge >= 0.3 is 5.63 Å². The Morgan fingerprint density at radius 1 is 0.903 bits per heavy atom. The summed E-state index contributed by atoms with van der Waals surface area (Å²) in [5.74, 6) is 1.82. The molecule has 1 atom stereocenters. The molecule has 1 unspecified atom stereocenters. The van der Waals surface area contributed by atoms with Crippen molar-refractivity contribution in [3.63, 3.8) is 0 Å². The van der Waals surface area contributed by atoms with Crippen LogP contribution in [0.3, 0.4) is 0 Å². The molecule has 0 amide bonds. The summed E-state index contributed by atoms with van der Waals surface area (Å²) in [6.07, 6.45) is -0.405. The summed E-state index contributed by atoms with van der Waals surface area (Å²) >= 11 is 0. The van der Waals surface area contributed by atoms with Gasteiger partial charge in [-0.3, -0.25) is 4.79 Å². The third-order valence-corrected chi connectivity index (χ3v) is 5.86. The SMILES string of the molecule is COc1cc(C2CC(=O)c3c(C)cc4oc(=O)c(C)c(C)c4c3O2)cc(OC)c1OC. The van der Waals surface area contributed by atoms with E-state index >= 15 is 0 Å². The van der Waals surface area contributed by atoms with E-state index in [2.05, 4.69) is 0 Å². The van der Waals surface area contributed by atoms with Crippen LogP contribution in [-0.2, 0) is 0 Å². The molecule has 3 aromatic rings. The van der Waals surface area contributed by atoms with Gasteiger partial charge in [0, 0.05) is 11.1 Å². The van der Waals surface area contributed by atoms with E-state index in [9.17, 15) is 9.59 Å². The normalized spacial score (nSPS) is 15.4. The van der Waals surface area contributed by atoms with Gasteiger partial charge in [-0.1, -0.05) is 0 Å². The van der Waals surface area contributed by atoms with E-state index in [4.69, 9.17) is 23.4 Å². The van der Waals surface area contributed by atoms with Crippen LogP contribution in [0.1, 0.15) is 45.1 Å². The smallest absolute Gasteiger partial charge is 0.339 e. The number of hydrogen-bond acceptors (Lipinski definition) is 7. The average molecular weight is 424 g/mol. The number of hydrogen-bond donors (Lipinski definition) is 0. The first-order valence-corrected chi connectivity index (χ1v) is 9.88. The van der Waals surface area contributed by atoms with E-state index in [0.29, 0.717) is 50.7 Å². The number of benzene rings is 2. The molecule has 0 spiro atoms. The molecule has 7 heteroatoms. The van der Waals surface area contributed by atoms with Crippen LogP contribution in [0.2, 0.25) is 0 Å². The van der Waals surface area contributed by atoms with Crippen molar-refractivity contribution in [3.8, 4) is 23.0 Å². The Balaban J connectivity index is 1.93. The van der Waals surface area contributed by atoms with Crippen LogP contribution < -0.4 is 24.6 Å². The quantitative estimate of drug-likeness (QED) is 0.572. The maximum atomic E-state index is 13.2. The van der Waals surface area contributed by atoms with Crippen molar-refractivity contribution < 1.29 is 28.2 Å². The lowest BCUT2D eigenvalue weighted by Crippen LogP contribution is -2.22. The Hall–Kier alpha value is -3.48. The zero-order valence-corrected chi connectivity index (χ0v) is 18.4. The molecule has 0 radical (unpaired) electrons. The van der Waals surface area contributed by atoms with Crippen LogP contribution in [0.15, 0.2) is 27.4 Å². The minimum atomic E-state index is -0.564. The fourth-order valence-corrected chi connectivity index (χ4v) is 4.10. The van der Waals surface area contributed by atoms with Gasteiger partial charge in [-0.15, -0.1) is 0 Å². The summed E-state index contributed by atoms with van der Waals surface area (Å²) in [5, 5.41) is 0.642. The van der Waals surface area contributed by atoms with Crippen LogP contribution in [0.5, 0.6) is 23.0 Å². The van der Waals surface area contributed by atoms with Gasteiger partial charge in [0.2, 0.25) is 5.75 Å². The molecule has 1 aliphatic heterocycles. The number of fused-ring (bicyclic) bond motifs is 3. The Morgan fingerprint density at radius 2 is 1.55 bits per heavy atom. The highest BCUT2D eigenvalue weighted by atomic mass is 16.5. The molecule has 2 heterocycles. The van der Waals surface area contributed by atoms with E-state index in [1.165, 1.54) is 21.3 Å². The number of aryl methyl sites for hydroxylation is 2. The van der Waals surface area contributed by atoms with Gasteiger partial charge in [0.25, 0.3) is 0 Å². The summed E-state index contributed by atoms with van der Waals surface area (Å²) in [6, 6.07) is 5.28. The minimum Gasteiger partial charge on any atom is -0.493 e. The summed E-state index contributed by atoms with van der Waals surface area (Å²) < 4.78 is 28.2. The van der Waals surface area contributed by atoms with Crippen LogP contribution in [0.25, 0.3) is 11.0 Å². The topological polar surface area (TPSA) is 84.2 Å². The van der Waals surface area contributed by atoms with Gasteiger partial charge in [0.15, 0.2) is 17.3 Å². The zero-order chi connectivity index (χ0) is 22.4. The molecule has 1 aromatic heterocycles. The largest absolute Gasteiger partial charge is 0.493 e. The molecular weight excluding hydrogens is 400 g/mol. The van der Waals surface area contributed by atoms with Crippen molar-refractivity contribution in [3.05, 3.63) is 56.4 Å². The lowest BCUT2D eigenvalue weighted by molar-refractivity contribution is 0.0851. The van der Waals surface area contributed by atoms with Gasteiger partial charge in [0.1, 0.15) is 17.4 Å². The number of carbonyl (C=O) groups is 1. The Labute approximate surface area is 179 Å². The Kier molecular flexibility index (Phi) is 5.13. The molecule has 0 saturated heterocycles. The molecule has 31 heavy (non-hydrogen) atoms. The molecule has 0 aliphatic carbocycles. The van der Waals surface area contributed by atoms with Crippen LogP contribution in [0.4, 0.5) is 0 Å². The fourth-order valence-electron chi connectivity index (χ4n) is 4.10. The predicted molar refractivity (Wildman–Crippen MR) is 115 cm³/mol. The van der Waals surface area contributed by atoms with Gasteiger partial charge in [-0.05, 0) is 50.1 Å². The van der Waals surface area contributed by atoms with Crippen molar-refractivity contribution in [2.24, 2.45) is 0 Å². The number of Topliss-reactive ketones (excluding diaryl/α,β-unsaturated/α-hetero) is 1. The second-order valence-corrected chi connectivity index (χ2v) is 7.60. The van der Waals surface area contributed by atoms with Crippen LogP contribution in [-0.4, -0.2) is 27.1 Å². The Morgan fingerprint density at radius 3 is 2.13 bits per heavy atom. The molecule has 0 fully saturated rings. The second-order valence-electron chi connectivity index (χ2n) is 7.60. The molecule has 2 aromatic carbocycles. The summed E-state index contributed by atoms with van der Waals surface area (Å²) in [4.78, 5) is 25.3. The number of methoxy groups -OCH3 is 3. The first-order chi connectivity index (χ1) is 14.8. The van der Waals surface area contributed by atoms with Crippen molar-refractivity contribution in [1.82, 2.24) is 0 Å². The number of carbonyl (C=O) groups excluding carboxylic acids is 1. The zero-order valence-electron chi connectivity index (χ0n) is 18.4. The average Bonchev–Trinajstić information content (AvgIpc) is 2.75. The summed E-state index contributed by atoms with van der Waals surface area (Å²) in [7, 11) is 4.60. The van der Waals surface area contributed by atoms with Crippen molar-refractivity contribution >= 4 is 16.8 Å². The lowest BCUT2D eigenvalue weighted by atomic mass is 9.90. The predicted octanol–water partition coefficient (Wildman–Crippen LogP) is 4.45. The van der Waals surface area contributed by atoms with Crippen LogP contribution >= 0.6 is 0 Å². The molecule has 0 bridgehead atoms. The highest BCUT2D eigenvalue weighted by Crippen LogP contribution is 2.46. The molecular formula is C24H24O7. The van der Waals surface area contributed by atoms with E-state index in [1.54, 1.807) is 25.1 Å². The van der Waals surface area contributed by atoms with Gasteiger partial charge in [0.05, 0.1) is 38.7 Å². The van der Waals surface area contributed by atoms with E-state index in [0.717, 1.165) is 11.1 Å². The van der Waals surface area contributed by atoms with E-state index < -0.39 is 11.7 Å². The van der Waals surface area contributed by atoms with Crippen molar-refractivity contribution in [2.45, 2.75) is 33.3 Å². The third kappa shape index (κ3) is 3.21. The standard InChI is InChI=1S/C24H24O7/c1-11-7-17-21(12(2)13(3)24(26)31-17)23-20(11)15(25)10-16(30-23)14-8-18(27-4)22(29-6)19(9-14)28-5/h7-9,16H,10H2,1-6H3. The number of ether oxygens (including phenoxy) is 4. The molecule has 0 saturated carbocycles. The van der Waals surface area contributed by atoms with E-state index in [-0.39, 0.29) is 12.2 Å². The number of ketones is 1. The fraction of sp³-hybridized carbons (Fsp3) is 0.333. The lowest BCUT2D eigenvalue weighted by Gasteiger charge is -2.29. The molecule has 1 aliphatic rings. The minimum absolute atomic E-state index is 0.0392. The highest BCUT2D eigenvalue weighted by Gasteiger charge is 2.33. The summed E-state index contributed by atoms with van der Waals surface area (Å²) in [6.45, 7) is 5.35. The first kappa shape index (κ1) is 20.8. The maximum absolute atomic E-state index is 13.2. The molecule has 7 nitrogen and oxygen atoms in total. The molecule has 162 valence electrons. The van der Waals surface area contributed by atoms with Gasteiger partial charge < -0.3 is 23.4 Å². The summed E-state index contributed by atoms with van der Waals surface area (Å²) in [5.41, 5.74) is 3.19. The first-order valence-electron chi connectivity index (χ1n) is 9.88. The van der Waals surface area contributed by atoms with Crippen LogP contribution in [0, 0.1) is 20.8 Å². The highest BCUT2D eigenvalue weighted by molar-refractivity contribution is 6.07. The third-order valence-electron chi connectivity index (χ3n) is 5.86. The van der Waals surface area contributed by atoms with Crippen molar-refractivity contribution in [2.75, 3.05) is 21.3 Å². The van der Waals surface area contributed by atoms with Crippen molar-refractivity contribution in [1.29, 1.82) is 0 Å². The Bertz CT molecular complexity index is 1240. The second kappa shape index (κ2) is 7.65. The van der Waals surface area contributed by atoms with Gasteiger partial charge in [-0.25, -0.2) is 4.79 Å². The van der Waals surface area contributed by atoms with E-state index in [1.807, 2.05) is 13.8 Å². The monoisotopic (exact) mass is 424 g/mol. The molecule has 4 rings (SSSR count). The van der Waals surface area contributed by atoms with Gasteiger partial charge in [-0.2, -0.15) is 0 Å². The molecule has 0 N–H and O–H groups in total. The number of rotatable bonds is 4. The maximum Gasteiger partial charge on any atom is 0.339 e.